The Morgan fingerprint density at radius 3 is 2.69 bits per heavy atom. The number of aliphatic hydroxyl groups is 1. The molecule has 2 amide bonds. The minimum atomic E-state index is -0.221. The molecule has 0 aliphatic heterocycles. The summed E-state index contributed by atoms with van der Waals surface area (Å²) >= 11 is 1.24. The molecule has 0 fully saturated rings. The number of hydrogen-bond donors (Lipinski definition) is 3. The Morgan fingerprint density at radius 1 is 1.24 bits per heavy atom. The third-order valence-corrected chi connectivity index (χ3v) is 5.40. The standard InChI is InChI=1S/C21H30N4O3S/c1-14(2)7-8-22-19(27)11-25-17(12-26)10-23-21(25)29-13-20(28)24-18-9-15(3)5-6-16(18)4/h5-6,9-10,14,26H,7-8,11-13H2,1-4H3,(H,22,27)(H,24,28). The number of aliphatic hydroxyl groups excluding tert-OH is 1. The van der Waals surface area contributed by atoms with Crippen molar-refractivity contribution in [1.82, 2.24) is 14.9 Å². The fraction of sp³-hybridized carbons (Fsp3) is 0.476. The number of imidazole rings is 1. The van der Waals surface area contributed by atoms with Crippen molar-refractivity contribution in [1.29, 1.82) is 0 Å². The van der Waals surface area contributed by atoms with Crippen LogP contribution in [-0.4, -0.2) is 38.8 Å². The lowest BCUT2D eigenvalue weighted by Gasteiger charge is -2.12. The fourth-order valence-electron chi connectivity index (χ4n) is 2.69. The number of aryl methyl sites for hydroxylation is 2. The predicted octanol–water partition coefficient (Wildman–Crippen LogP) is 2.89. The second kappa shape index (κ2) is 11.0. The van der Waals surface area contributed by atoms with Gasteiger partial charge in [-0.3, -0.25) is 9.59 Å². The van der Waals surface area contributed by atoms with E-state index in [4.69, 9.17) is 0 Å². The van der Waals surface area contributed by atoms with Crippen LogP contribution >= 0.6 is 11.8 Å². The molecule has 0 saturated carbocycles. The molecular weight excluding hydrogens is 388 g/mol. The molecule has 158 valence electrons. The molecule has 8 heteroatoms. The number of rotatable bonds is 10. The van der Waals surface area contributed by atoms with Crippen LogP contribution < -0.4 is 10.6 Å². The van der Waals surface area contributed by atoms with E-state index in [1.54, 1.807) is 4.57 Å². The molecule has 2 aromatic rings. The highest BCUT2D eigenvalue weighted by Crippen LogP contribution is 2.21. The Hall–Kier alpha value is -2.32. The minimum absolute atomic E-state index is 0.0644. The van der Waals surface area contributed by atoms with Gasteiger partial charge in [-0.05, 0) is 43.4 Å². The molecule has 1 heterocycles. The molecule has 0 spiro atoms. The van der Waals surface area contributed by atoms with E-state index in [0.717, 1.165) is 23.2 Å². The molecular formula is C21H30N4O3S. The molecule has 0 saturated heterocycles. The largest absolute Gasteiger partial charge is 0.390 e. The van der Waals surface area contributed by atoms with Gasteiger partial charge in [-0.2, -0.15) is 0 Å². The summed E-state index contributed by atoms with van der Waals surface area (Å²) in [4.78, 5) is 28.9. The summed E-state index contributed by atoms with van der Waals surface area (Å²) in [5.41, 5.74) is 3.40. The van der Waals surface area contributed by atoms with Crippen molar-refractivity contribution < 1.29 is 14.7 Å². The Morgan fingerprint density at radius 2 is 2.00 bits per heavy atom. The number of hydrogen-bond acceptors (Lipinski definition) is 5. The van der Waals surface area contributed by atoms with Gasteiger partial charge in [0.25, 0.3) is 0 Å². The summed E-state index contributed by atoms with van der Waals surface area (Å²) in [6, 6.07) is 5.90. The molecule has 1 aromatic carbocycles. The van der Waals surface area contributed by atoms with Gasteiger partial charge >= 0.3 is 0 Å². The van der Waals surface area contributed by atoms with Gasteiger partial charge < -0.3 is 20.3 Å². The number of nitrogens with zero attached hydrogens (tertiary/aromatic N) is 2. The van der Waals surface area contributed by atoms with E-state index >= 15 is 0 Å². The van der Waals surface area contributed by atoms with Crippen molar-refractivity contribution in [3.05, 3.63) is 41.2 Å². The van der Waals surface area contributed by atoms with Crippen molar-refractivity contribution in [3.63, 3.8) is 0 Å². The topological polar surface area (TPSA) is 96.2 Å². The van der Waals surface area contributed by atoms with Crippen LogP contribution in [0.25, 0.3) is 0 Å². The highest BCUT2D eigenvalue weighted by atomic mass is 32.2. The van der Waals surface area contributed by atoms with Crippen LogP contribution in [0.3, 0.4) is 0 Å². The number of thioether (sulfide) groups is 1. The molecule has 0 radical (unpaired) electrons. The lowest BCUT2D eigenvalue weighted by molar-refractivity contribution is -0.121. The van der Waals surface area contributed by atoms with Crippen molar-refractivity contribution in [3.8, 4) is 0 Å². The monoisotopic (exact) mass is 418 g/mol. The lowest BCUT2D eigenvalue weighted by Crippen LogP contribution is -2.30. The zero-order valence-electron chi connectivity index (χ0n) is 17.5. The second-order valence-electron chi connectivity index (χ2n) is 7.46. The molecule has 0 aliphatic rings. The van der Waals surface area contributed by atoms with Crippen LogP contribution in [0.15, 0.2) is 29.6 Å². The maximum atomic E-state index is 12.4. The maximum absolute atomic E-state index is 12.4. The van der Waals surface area contributed by atoms with Gasteiger partial charge in [0, 0.05) is 12.2 Å². The predicted molar refractivity (Wildman–Crippen MR) is 116 cm³/mol. The highest BCUT2D eigenvalue weighted by molar-refractivity contribution is 7.99. The third kappa shape index (κ3) is 7.21. The normalized spacial score (nSPS) is 11.0. The van der Waals surface area contributed by atoms with Crippen LogP contribution in [0, 0.1) is 19.8 Å². The molecule has 0 bridgehead atoms. The molecule has 29 heavy (non-hydrogen) atoms. The average molecular weight is 419 g/mol. The first-order valence-corrected chi connectivity index (χ1v) is 10.7. The van der Waals surface area contributed by atoms with E-state index in [9.17, 15) is 14.7 Å². The zero-order chi connectivity index (χ0) is 21.4. The molecule has 3 N–H and O–H groups in total. The van der Waals surface area contributed by atoms with Gasteiger partial charge in [0.1, 0.15) is 6.54 Å². The van der Waals surface area contributed by atoms with Crippen molar-refractivity contribution in [2.24, 2.45) is 5.92 Å². The SMILES string of the molecule is Cc1ccc(C)c(NC(=O)CSc2ncc(CO)n2CC(=O)NCCC(C)C)c1. The summed E-state index contributed by atoms with van der Waals surface area (Å²) < 4.78 is 1.65. The molecule has 7 nitrogen and oxygen atoms in total. The van der Waals surface area contributed by atoms with Crippen LogP contribution in [0.2, 0.25) is 0 Å². The summed E-state index contributed by atoms with van der Waals surface area (Å²) in [5, 5.41) is 15.9. The van der Waals surface area contributed by atoms with Crippen molar-refractivity contribution >= 4 is 29.3 Å². The van der Waals surface area contributed by atoms with Crippen LogP contribution in [0.1, 0.15) is 37.1 Å². The van der Waals surface area contributed by atoms with E-state index < -0.39 is 0 Å². The molecule has 0 unspecified atom stereocenters. The van der Waals surface area contributed by atoms with E-state index in [0.29, 0.717) is 23.3 Å². The summed E-state index contributed by atoms with van der Waals surface area (Å²) in [7, 11) is 0. The first-order valence-electron chi connectivity index (χ1n) is 9.72. The number of amides is 2. The van der Waals surface area contributed by atoms with E-state index in [-0.39, 0.29) is 30.7 Å². The van der Waals surface area contributed by atoms with E-state index in [1.165, 1.54) is 18.0 Å². The van der Waals surface area contributed by atoms with Gasteiger partial charge in [-0.25, -0.2) is 4.98 Å². The Kier molecular flexibility index (Phi) is 8.72. The Labute approximate surface area is 176 Å². The first kappa shape index (κ1) is 23.0. The summed E-state index contributed by atoms with van der Waals surface area (Å²) in [6.45, 7) is 8.58. The number of nitrogens with one attached hydrogen (secondary N) is 2. The first-order chi connectivity index (χ1) is 13.8. The molecule has 1 aromatic heterocycles. The number of carbonyl (C=O) groups excluding carboxylic acids is 2. The minimum Gasteiger partial charge on any atom is -0.390 e. The Bertz CT molecular complexity index is 848. The van der Waals surface area contributed by atoms with E-state index in [2.05, 4.69) is 29.5 Å². The second-order valence-corrected chi connectivity index (χ2v) is 8.41. The molecule has 2 rings (SSSR count). The number of carbonyl (C=O) groups is 2. The van der Waals surface area contributed by atoms with Crippen LogP contribution in [0.4, 0.5) is 5.69 Å². The van der Waals surface area contributed by atoms with Crippen LogP contribution in [0.5, 0.6) is 0 Å². The Balaban J connectivity index is 1.96. The van der Waals surface area contributed by atoms with E-state index in [1.807, 2.05) is 32.0 Å². The average Bonchev–Trinajstić information content (AvgIpc) is 3.04. The van der Waals surface area contributed by atoms with Gasteiger partial charge in [-0.15, -0.1) is 0 Å². The van der Waals surface area contributed by atoms with Crippen molar-refractivity contribution in [2.75, 3.05) is 17.6 Å². The van der Waals surface area contributed by atoms with Crippen molar-refractivity contribution in [2.45, 2.75) is 52.4 Å². The fourth-order valence-corrected chi connectivity index (χ4v) is 3.49. The maximum Gasteiger partial charge on any atom is 0.240 e. The lowest BCUT2D eigenvalue weighted by atomic mass is 10.1. The number of benzene rings is 1. The smallest absolute Gasteiger partial charge is 0.240 e. The molecule has 0 atom stereocenters. The van der Waals surface area contributed by atoms with Gasteiger partial charge in [0.2, 0.25) is 11.8 Å². The number of aromatic nitrogens is 2. The zero-order valence-corrected chi connectivity index (χ0v) is 18.3. The quantitative estimate of drug-likeness (QED) is 0.516. The highest BCUT2D eigenvalue weighted by Gasteiger charge is 2.15. The van der Waals surface area contributed by atoms with Crippen LogP contribution in [-0.2, 0) is 22.7 Å². The van der Waals surface area contributed by atoms with Gasteiger partial charge in [0.15, 0.2) is 5.16 Å². The number of anilines is 1. The summed E-state index contributed by atoms with van der Waals surface area (Å²) in [5.74, 6) is 0.382. The van der Waals surface area contributed by atoms with Gasteiger partial charge in [-0.1, -0.05) is 37.7 Å². The van der Waals surface area contributed by atoms with Gasteiger partial charge in [0.05, 0.1) is 24.3 Å². The molecule has 0 aliphatic carbocycles. The summed E-state index contributed by atoms with van der Waals surface area (Å²) in [6.07, 6.45) is 2.44. The third-order valence-electron chi connectivity index (χ3n) is 4.41.